The Morgan fingerprint density at radius 3 is 2.14 bits per heavy atom. The maximum Gasteiger partial charge on any atom is 0.367 e. The number of nitrogens with zero attached hydrogens (tertiary/aromatic N) is 3. The molecule has 3 aromatic rings. The summed E-state index contributed by atoms with van der Waals surface area (Å²) in [4.78, 5) is 43.1. The predicted octanol–water partition coefficient (Wildman–Crippen LogP) is 3.57. The van der Waals surface area contributed by atoms with E-state index in [1.54, 1.807) is 16.8 Å². The summed E-state index contributed by atoms with van der Waals surface area (Å²) in [5.41, 5.74) is 1.99. The van der Waals surface area contributed by atoms with E-state index in [4.69, 9.17) is 4.84 Å². The van der Waals surface area contributed by atoms with E-state index in [2.05, 4.69) is 5.10 Å². The third-order valence-corrected chi connectivity index (χ3v) is 4.58. The molecule has 1 aliphatic heterocycles. The van der Waals surface area contributed by atoms with Crippen LogP contribution in [0.25, 0.3) is 11.3 Å². The molecule has 7 heteroatoms. The van der Waals surface area contributed by atoms with Crippen LogP contribution in [0.2, 0.25) is 0 Å². The summed E-state index contributed by atoms with van der Waals surface area (Å²) in [6, 6.07) is 15.7. The van der Waals surface area contributed by atoms with Gasteiger partial charge in [0.1, 0.15) is 5.56 Å². The molecule has 2 heterocycles. The molecule has 0 saturated carbocycles. The van der Waals surface area contributed by atoms with E-state index in [0.29, 0.717) is 23.2 Å². The van der Waals surface area contributed by atoms with Crippen molar-refractivity contribution in [3.05, 3.63) is 77.5 Å². The summed E-state index contributed by atoms with van der Waals surface area (Å²) in [6.07, 6.45) is 1.41. The van der Waals surface area contributed by atoms with Gasteiger partial charge in [0.05, 0.1) is 23.0 Å². The highest BCUT2D eigenvalue weighted by Gasteiger charge is 2.39. The van der Waals surface area contributed by atoms with E-state index in [1.165, 1.54) is 18.3 Å². The standard InChI is InChI=1S/C22H19N3O4/c1-14(2)13-24-19(15-8-4-3-5-9-15)18(12-23-24)22(28)29-25-20(26)16-10-6-7-11-17(16)21(25)27/h3-12,14H,13H2,1-2H3. The van der Waals surface area contributed by atoms with E-state index in [0.717, 1.165) is 5.56 Å². The maximum absolute atomic E-state index is 12.9. The van der Waals surface area contributed by atoms with Crippen molar-refractivity contribution in [3.8, 4) is 11.3 Å². The van der Waals surface area contributed by atoms with E-state index in [1.807, 2.05) is 44.2 Å². The van der Waals surface area contributed by atoms with Gasteiger partial charge < -0.3 is 4.84 Å². The van der Waals surface area contributed by atoms with Crippen LogP contribution in [0.15, 0.2) is 60.8 Å². The summed E-state index contributed by atoms with van der Waals surface area (Å²) in [7, 11) is 0. The average molecular weight is 389 g/mol. The van der Waals surface area contributed by atoms with Gasteiger partial charge >= 0.3 is 5.97 Å². The van der Waals surface area contributed by atoms with Crippen LogP contribution in [-0.4, -0.2) is 32.6 Å². The molecule has 29 heavy (non-hydrogen) atoms. The Hall–Kier alpha value is -3.74. The third-order valence-electron chi connectivity index (χ3n) is 4.58. The lowest BCUT2D eigenvalue weighted by Gasteiger charge is -2.14. The van der Waals surface area contributed by atoms with Crippen LogP contribution in [0, 0.1) is 5.92 Å². The number of hydroxylamine groups is 2. The second-order valence-corrected chi connectivity index (χ2v) is 7.18. The molecule has 0 saturated heterocycles. The quantitative estimate of drug-likeness (QED) is 0.623. The lowest BCUT2D eigenvalue weighted by molar-refractivity contribution is -0.0584. The SMILES string of the molecule is CC(C)Cn1ncc(C(=O)ON2C(=O)c3ccccc3C2=O)c1-c1ccccc1. The van der Waals surface area contributed by atoms with Crippen molar-refractivity contribution in [1.82, 2.24) is 14.8 Å². The summed E-state index contributed by atoms with van der Waals surface area (Å²) in [5.74, 6) is -1.82. The Morgan fingerprint density at radius 2 is 1.55 bits per heavy atom. The molecule has 2 aromatic carbocycles. The summed E-state index contributed by atoms with van der Waals surface area (Å²) in [6.45, 7) is 4.70. The number of hydrogen-bond donors (Lipinski definition) is 0. The normalized spacial score (nSPS) is 13.1. The van der Waals surface area contributed by atoms with Crippen molar-refractivity contribution >= 4 is 17.8 Å². The second-order valence-electron chi connectivity index (χ2n) is 7.18. The molecule has 0 aliphatic carbocycles. The largest absolute Gasteiger partial charge is 0.367 e. The Labute approximate surface area is 167 Å². The van der Waals surface area contributed by atoms with Crippen LogP contribution < -0.4 is 0 Å². The molecule has 1 aliphatic rings. The lowest BCUT2D eigenvalue weighted by atomic mass is 10.1. The van der Waals surface area contributed by atoms with Crippen LogP contribution in [0.3, 0.4) is 0 Å². The molecule has 146 valence electrons. The fourth-order valence-corrected chi connectivity index (χ4v) is 3.30. The number of amides is 2. The predicted molar refractivity (Wildman–Crippen MR) is 105 cm³/mol. The van der Waals surface area contributed by atoms with E-state index < -0.39 is 17.8 Å². The number of imide groups is 1. The van der Waals surface area contributed by atoms with Gasteiger partial charge in [0.15, 0.2) is 0 Å². The molecule has 4 rings (SSSR count). The topological polar surface area (TPSA) is 81.5 Å². The van der Waals surface area contributed by atoms with Crippen LogP contribution in [0.1, 0.15) is 44.9 Å². The molecule has 0 bridgehead atoms. The molecule has 0 spiro atoms. The molecule has 7 nitrogen and oxygen atoms in total. The minimum atomic E-state index is -0.812. The van der Waals surface area contributed by atoms with Crippen LogP contribution in [0.5, 0.6) is 0 Å². The van der Waals surface area contributed by atoms with Crippen LogP contribution in [0.4, 0.5) is 0 Å². The molecular formula is C22H19N3O4. The Bertz CT molecular complexity index is 1070. The molecule has 0 fully saturated rings. The highest BCUT2D eigenvalue weighted by Crippen LogP contribution is 2.27. The zero-order valence-electron chi connectivity index (χ0n) is 16.0. The molecular weight excluding hydrogens is 370 g/mol. The van der Waals surface area contributed by atoms with Gasteiger partial charge in [-0.25, -0.2) is 4.79 Å². The fraction of sp³-hybridized carbons (Fsp3) is 0.182. The first-order valence-electron chi connectivity index (χ1n) is 9.28. The fourth-order valence-electron chi connectivity index (χ4n) is 3.30. The van der Waals surface area contributed by atoms with Crippen molar-refractivity contribution in [1.29, 1.82) is 0 Å². The van der Waals surface area contributed by atoms with Crippen molar-refractivity contribution in [2.75, 3.05) is 0 Å². The monoisotopic (exact) mass is 389 g/mol. The van der Waals surface area contributed by atoms with E-state index in [-0.39, 0.29) is 16.7 Å². The van der Waals surface area contributed by atoms with Gasteiger partial charge in [0.25, 0.3) is 11.8 Å². The van der Waals surface area contributed by atoms with E-state index in [9.17, 15) is 14.4 Å². The zero-order valence-corrected chi connectivity index (χ0v) is 16.0. The molecule has 2 amide bonds. The number of benzene rings is 2. The minimum absolute atomic E-state index is 0.188. The number of carbonyl (C=O) groups excluding carboxylic acids is 3. The molecule has 0 radical (unpaired) electrons. The smallest absolute Gasteiger partial charge is 0.324 e. The van der Waals surface area contributed by atoms with Gasteiger partial charge in [-0.1, -0.05) is 61.4 Å². The van der Waals surface area contributed by atoms with Gasteiger partial charge in [0, 0.05) is 12.1 Å². The highest BCUT2D eigenvalue weighted by molar-refractivity contribution is 6.21. The zero-order chi connectivity index (χ0) is 20.5. The number of aromatic nitrogens is 2. The van der Waals surface area contributed by atoms with Crippen LogP contribution in [-0.2, 0) is 11.4 Å². The Morgan fingerprint density at radius 1 is 0.966 bits per heavy atom. The second kappa shape index (κ2) is 7.35. The summed E-state index contributed by atoms with van der Waals surface area (Å²) in [5, 5.41) is 4.85. The number of carbonyl (C=O) groups is 3. The minimum Gasteiger partial charge on any atom is -0.324 e. The lowest BCUT2D eigenvalue weighted by Crippen LogP contribution is -2.32. The van der Waals surface area contributed by atoms with Crippen LogP contribution >= 0.6 is 0 Å². The van der Waals surface area contributed by atoms with Gasteiger partial charge in [-0.05, 0) is 18.1 Å². The van der Waals surface area contributed by atoms with E-state index >= 15 is 0 Å². The molecule has 1 aromatic heterocycles. The summed E-state index contributed by atoms with van der Waals surface area (Å²) >= 11 is 0. The Kier molecular flexibility index (Phi) is 4.72. The number of fused-ring (bicyclic) bond motifs is 1. The van der Waals surface area contributed by atoms with Crippen molar-refractivity contribution in [2.24, 2.45) is 5.92 Å². The third kappa shape index (κ3) is 3.31. The van der Waals surface area contributed by atoms with Gasteiger partial charge in [0.2, 0.25) is 0 Å². The first-order valence-corrected chi connectivity index (χ1v) is 9.28. The number of hydrogen-bond acceptors (Lipinski definition) is 5. The summed E-state index contributed by atoms with van der Waals surface area (Å²) < 4.78 is 1.74. The highest BCUT2D eigenvalue weighted by atomic mass is 16.7. The average Bonchev–Trinajstić information content (AvgIpc) is 3.23. The van der Waals surface area contributed by atoms with Crippen molar-refractivity contribution in [3.63, 3.8) is 0 Å². The van der Waals surface area contributed by atoms with Crippen molar-refractivity contribution < 1.29 is 19.2 Å². The molecule has 0 atom stereocenters. The molecule has 0 unspecified atom stereocenters. The first kappa shape index (κ1) is 18.6. The Balaban J connectivity index is 1.67. The van der Waals surface area contributed by atoms with Gasteiger partial charge in [-0.3, -0.25) is 14.3 Å². The van der Waals surface area contributed by atoms with Gasteiger partial charge in [-0.2, -0.15) is 5.10 Å². The number of rotatable bonds is 5. The first-order chi connectivity index (χ1) is 14.0. The molecule has 0 N–H and O–H groups in total. The van der Waals surface area contributed by atoms with Gasteiger partial charge in [-0.15, -0.1) is 0 Å². The van der Waals surface area contributed by atoms with Crippen molar-refractivity contribution in [2.45, 2.75) is 20.4 Å². The maximum atomic E-state index is 12.9.